The Balaban J connectivity index is 2.89. The van der Waals surface area contributed by atoms with E-state index in [1.54, 1.807) is 0 Å². The van der Waals surface area contributed by atoms with Crippen LogP contribution in [0.1, 0.15) is 51.7 Å². The molecule has 0 amide bonds. The molecule has 0 aliphatic carbocycles. The van der Waals surface area contributed by atoms with Crippen molar-refractivity contribution in [2.24, 2.45) is 11.8 Å². The second-order valence-corrected chi connectivity index (χ2v) is 6.89. The fourth-order valence-corrected chi connectivity index (χ4v) is 2.52. The molecule has 1 rings (SSSR count). The number of halogens is 1. The Bertz CT molecular complexity index is 386. The van der Waals surface area contributed by atoms with Gasteiger partial charge in [-0.25, -0.2) is 0 Å². The van der Waals surface area contributed by atoms with Gasteiger partial charge in [0.15, 0.2) is 0 Å². The molecule has 2 heteroatoms. The summed E-state index contributed by atoms with van der Waals surface area (Å²) in [6.07, 6.45) is 2.46. The number of hydrogen-bond acceptors (Lipinski definition) is 1. The zero-order chi connectivity index (χ0) is 15.1. The summed E-state index contributed by atoms with van der Waals surface area (Å²) in [5, 5.41) is 0. The van der Waals surface area contributed by atoms with Gasteiger partial charge in [0.2, 0.25) is 0 Å². The van der Waals surface area contributed by atoms with Crippen molar-refractivity contribution >= 4 is 17.3 Å². The van der Waals surface area contributed by atoms with Crippen molar-refractivity contribution in [2.45, 2.75) is 53.3 Å². The summed E-state index contributed by atoms with van der Waals surface area (Å²) in [7, 11) is 0. The van der Waals surface area contributed by atoms with Crippen LogP contribution in [0.2, 0.25) is 0 Å². The van der Waals surface area contributed by atoms with Crippen LogP contribution in [0.4, 0.5) is 5.69 Å². The fraction of sp³-hybridized carbons (Fsp3) is 0.667. The summed E-state index contributed by atoms with van der Waals surface area (Å²) in [5.74, 6) is 2.07. The maximum Gasteiger partial charge on any atom is 0.0494 e. The third kappa shape index (κ3) is 5.75. The molecule has 1 aromatic rings. The minimum absolute atomic E-state index is 0.594. The van der Waals surface area contributed by atoms with Gasteiger partial charge in [0.05, 0.1) is 0 Å². The van der Waals surface area contributed by atoms with Gasteiger partial charge in [0.1, 0.15) is 0 Å². The molecule has 0 aliphatic rings. The average Bonchev–Trinajstić information content (AvgIpc) is 2.38. The molecule has 0 aliphatic heterocycles. The van der Waals surface area contributed by atoms with Crippen LogP contribution in [-0.4, -0.2) is 13.1 Å². The number of rotatable bonds is 8. The van der Waals surface area contributed by atoms with Crippen LogP contribution in [0, 0.1) is 18.8 Å². The summed E-state index contributed by atoms with van der Waals surface area (Å²) in [5.41, 5.74) is 3.88. The molecule has 0 N–H and O–H groups in total. The van der Waals surface area contributed by atoms with Gasteiger partial charge < -0.3 is 4.90 Å². The van der Waals surface area contributed by atoms with Crippen molar-refractivity contribution < 1.29 is 0 Å². The highest BCUT2D eigenvalue weighted by atomic mass is 35.5. The van der Waals surface area contributed by atoms with E-state index in [1.807, 2.05) is 0 Å². The van der Waals surface area contributed by atoms with Gasteiger partial charge in [-0.3, -0.25) is 0 Å². The monoisotopic (exact) mass is 295 g/mol. The molecule has 0 unspecified atom stereocenters. The zero-order valence-electron chi connectivity index (χ0n) is 13.7. The van der Waals surface area contributed by atoms with E-state index in [4.69, 9.17) is 11.6 Å². The van der Waals surface area contributed by atoms with Crippen molar-refractivity contribution in [3.8, 4) is 0 Å². The SMILES string of the molecule is Cc1ccc(N(CCC(C)C)CCC(C)C)c(CCl)c1. The molecular weight excluding hydrogens is 266 g/mol. The smallest absolute Gasteiger partial charge is 0.0494 e. The molecule has 1 nitrogen and oxygen atoms in total. The van der Waals surface area contributed by atoms with Crippen molar-refractivity contribution in [3.63, 3.8) is 0 Å². The van der Waals surface area contributed by atoms with Gasteiger partial charge in [-0.15, -0.1) is 11.6 Å². The molecule has 0 atom stereocenters. The predicted octanol–water partition coefficient (Wildman–Crippen LogP) is 5.63. The third-order valence-corrected chi connectivity index (χ3v) is 3.96. The number of nitrogens with zero attached hydrogens (tertiary/aromatic N) is 1. The average molecular weight is 296 g/mol. The number of alkyl halides is 1. The van der Waals surface area contributed by atoms with Gasteiger partial charge in [0, 0.05) is 24.7 Å². The number of hydrogen-bond donors (Lipinski definition) is 0. The Morgan fingerprint density at radius 3 is 2.00 bits per heavy atom. The van der Waals surface area contributed by atoms with E-state index >= 15 is 0 Å². The lowest BCUT2D eigenvalue weighted by atomic mass is 10.1. The summed E-state index contributed by atoms with van der Waals surface area (Å²) < 4.78 is 0. The van der Waals surface area contributed by atoms with Crippen molar-refractivity contribution in [1.82, 2.24) is 0 Å². The second-order valence-electron chi connectivity index (χ2n) is 6.62. The normalized spacial score (nSPS) is 11.4. The standard InChI is InChI=1S/C18H30ClN/c1-14(2)8-10-20(11-9-15(3)4)18-7-6-16(5)12-17(18)13-19/h6-7,12,14-15H,8-11,13H2,1-5H3. The maximum absolute atomic E-state index is 6.15. The summed E-state index contributed by atoms with van der Waals surface area (Å²) in [6.45, 7) is 13.5. The van der Waals surface area contributed by atoms with Gasteiger partial charge in [-0.1, -0.05) is 45.4 Å². The molecule has 0 spiro atoms. The quantitative estimate of drug-likeness (QED) is 0.562. The fourth-order valence-electron chi connectivity index (χ4n) is 2.31. The lowest BCUT2D eigenvalue weighted by Gasteiger charge is -2.28. The Labute approximate surface area is 130 Å². The summed E-state index contributed by atoms with van der Waals surface area (Å²) in [4.78, 5) is 2.52. The van der Waals surface area contributed by atoms with Crippen LogP contribution in [0.25, 0.3) is 0 Å². The number of benzene rings is 1. The minimum Gasteiger partial charge on any atom is -0.371 e. The molecule has 0 heterocycles. The molecular formula is C18H30ClN. The van der Waals surface area contributed by atoms with Crippen molar-refractivity contribution in [3.05, 3.63) is 29.3 Å². The van der Waals surface area contributed by atoms with Gasteiger partial charge in [-0.2, -0.15) is 0 Å². The van der Waals surface area contributed by atoms with E-state index in [9.17, 15) is 0 Å². The highest BCUT2D eigenvalue weighted by Crippen LogP contribution is 2.25. The van der Waals surface area contributed by atoms with E-state index < -0.39 is 0 Å². The molecule has 0 fully saturated rings. The van der Waals surface area contributed by atoms with Crippen LogP contribution >= 0.6 is 11.6 Å². The van der Waals surface area contributed by atoms with Gasteiger partial charge in [0.25, 0.3) is 0 Å². The first kappa shape index (κ1) is 17.4. The van der Waals surface area contributed by atoms with Crippen molar-refractivity contribution in [1.29, 1.82) is 0 Å². The lowest BCUT2D eigenvalue weighted by molar-refractivity contribution is 0.535. The highest BCUT2D eigenvalue weighted by molar-refractivity contribution is 6.17. The zero-order valence-corrected chi connectivity index (χ0v) is 14.5. The molecule has 0 aromatic heterocycles. The van der Waals surface area contributed by atoms with Crippen LogP contribution in [0.15, 0.2) is 18.2 Å². The molecule has 0 saturated carbocycles. The Hall–Kier alpha value is -0.690. The van der Waals surface area contributed by atoms with Crippen LogP contribution < -0.4 is 4.90 Å². The predicted molar refractivity (Wildman–Crippen MR) is 91.9 cm³/mol. The van der Waals surface area contributed by atoms with Gasteiger partial charge >= 0.3 is 0 Å². The van der Waals surface area contributed by atoms with E-state index in [-0.39, 0.29) is 0 Å². The summed E-state index contributed by atoms with van der Waals surface area (Å²) >= 11 is 6.15. The molecule has 0 saturated heterocycles. The van der Waals surface area contributed by atoms with Crippen LogP contribution in [0.5, 0.6) is 0 Å². The van der Waals surface area contributed by atoms with E-state index in [0.29, 0.717) is 5.88 Å². The highest BCUT2D eigenvalue weighted by Gasteiger charge is 2.12. The topological polar surface area (TPSA) is 3.24 Å². The molecule has 0 radical (unpaired) electrons. The first-order valence-electron chi connectivity index (χ1n) is 7.84. The Kier molecular flexibility index (Phi) is 7.43. The Morgan fingerprint density at radius 1 is 1.00 bits per heavy atom. The van der Waals surface area contributed by atoms with E-state index in [0.717, 1.165) is 24.9 Å². The third-order valence-electron chi connectivity index (χ3n) is 3.67. The van der Waals surface area contributed by atoms with Crippen LogP contribution in [0.3, 0.4) is 0 Å². The number of anilines is 1. The Morgan fingerprint density at radius 2 is 1.55 bits per heavy atom. The molecule has 0 bridgehead atoms. The van der Waals surface area contributed by atoms with Crippen molar-refractivity contribution in [2.75, 3.05) is 18.0 Å². The van der Waals surface area contributed by atoms with E-state index in [1.165, 1.54) is 29.7 Å². The molecule has 20 heavy (non-hydrogen) atoms. The van der Waals surface area contributed by atoms with E-state index in [2.05, 4.69) is 57.7 Å². The molecule has 114 valence electrons. The largest absolute Gasteiger partial charge is 0.371 e. The second kappa shape index (κ2) is 8.56. The summed E-state index contributed by atoms with van der Waals surface area (Å²) in [6, 6.07) is 6.66. The van der Waals surface area contributed by atoms with Crippen LogP contribution in [-0.2, 0) is 5.88 Å². The maximum atomic E-state index is 6.15. The molecule has 1 aromatic carbocycles. The first-order valence-corrected chi connectivity index (χ1v) is 8.38. The first-order chi connectivity index (χ1) is 9.43. The van der Waals surface area contributed by atoms with Gasteiger partial charge in [-0.05, 0) is 43.2 Å². The number of aryl methyl sites for hydroxylation is 1. The lowest BCUT2D eigenvalue weighted by Crippen LogP contribution is -2.28. The minimum atomic E-state index is 0.594.